The second-order valence-electron chi connectivity index (χ2n) is 5.27. The predicted molar refractivity (Wildman–Crippen MR) is 99.4 cm³/mol. The fraction of sp³-hybridized carbons (Fsp3) is 0.0625. The van der Waals surface area contributed by atoms with Crippen LogP contribution in [0.5, 0.6) is 6.01 Å². The van der Waals surface area contributed by atoms with E-state index in [-0.39, 0.29) is 28.6 Å². The van der Waals surface area contributed by atoms with E-state index in [0.29, 0.717) is 11.4 Å². The zero-order valence-electron chi connectivity index (χ0n) is 14.2. The molecular weight excluding hydrogens is 392 g/mol. The Morgan fingerprint density at radius 3 is 1.71 bits per heavy atom. The lowest BCUT2D eigenvalue weighted by atomic mass is 10.2. The van der Waals surface area contributed by atoms with Gasteiger partial charge in [-0.2, -0.15) is 15.0 Å². The second-order valence-corrected chi connectivity index (χ2v) is 5.61. The van der Waals surface area contributed by atoms with Crippen molar-refractivity contribution in [3.63, 3.8) is 0 Å². The molecule has 0 saturated heterocycles. The van der Waals surface area contributed by atoms with Crippen LogP contribution in [-0.4, -0.2) is 31.9 Å². The predicted octanol–water partition coefficient (Wildman–Crippen LogP) is 3.82. The molecule has 3 rings (SSSR count). The molecule has 0 fully saturated rings. The van der Waals surface area contributed by atoms with Gasteiger partial charge < -0.3 is 4.74 Å². The van der Waals surface area contributed by atoms with Crippen molar-refractivity contribution >= 4 is 40.3 Å². The van der Waals surface area contributed by atoms with Crippen LogP contribution >= 0.6 is 11.6 Å². The van der Waals surface area contributed by atoms with E-state index in [4.69, 9.17) is 16.3 Å². The Morgan fingerprint density at radius 1 is 0.857 bits per heavy atom. The number of nitro groups is 2. The Kier molecular flexibility index (Phi) is 5.27. The van der Waals surface area contributed by atoms with Gasteiger partial charge in [0.2, 0.25) is 11.2 Å². The fourth-order valence-electron chi connectivity index (χ4n) is 2.34. The van der Waals surface area contributed by atoms with E-state index in [0.717, 1.165) is 0 Å². The molecule has 12 heteroatoms. The highest BCUT2D eigenvalue weighted by Gasteiger charge is 2.20. The Balaban J connectivity index is 2.14. The van der Waals surface area contributed by atoms with Crippen molar-refractivity contribution in [2.45, 2.75) is 0 Å². The normalized spacial score (nSPS) is 10.4. The molecule has 0 atom stereocenters. The number of non-ortho nitro benzene ring substituents is 2. The number of rotatable bonds is 6. The molecule has 1 aromatic heterocycles. The Morgan fingerprint density at radius 2 is 1.32 bits per heavy atom. The lowest BCUT2D eigenvalue weighted by molar-refractivity contribution is -0.385. The molecule has 0 bridgehead atoms. The smallest absolute Gasteiger partial charge is 0.322 e. The van der Waals surface area contributed by atoms with Gasteiger partial charge in [0.1, 0.15) is 0 Å². The number of nitro benzene ring substituents is 2. The summed E-state index contributed by atoms with van der Waals surface area (Å²) >= 11 is 5.93. The fourth-order valence-corrected chi connectivity index (χ4v) is 2.49. The third-order valence-electron chi connectivity index (χ3n) is 3.60. The summed E-state index contributed by atoms with van der Waals surface area (Å²) in [5.74, 6) is 0.0690. The van der Waals surface area contributed by atoms with Crippen molar-refractivity contribution < 1.29 is 14.6 Å². The summed E-state index contributed by atoms with van der Waals surface area (Å²) in [6, 6.07) is 11.2. The van der Waals surface area contributed by atoms with E-state index in [1.54, 1.807) is 0 Å². The zero-order valence-corrected chi connectivity index (χ0v) is 15.0. The van der Waals surface area contributed by atoms with Crippen molar-refractivity contribution in [1.29, 1.82) is 0 Å². The number of benzene rings is 2. The van der Waals surface area contributed by atoms with E-state index >= 15 is 0 Å². The van der Waals surface area contributed by atoms with Gasteiger partial charge >= 0.3 is 6.01 Å². The van der Waals surface area contributed by atoms with Gasteiger partial charge in [0.05, 0.1) is 17.0 Å². The molecule has 11 nitrogen and oxygen atoms in total. The maximum absolute atomic E-state index is 10.9. The van der Waals surface area contributed by atoms with Crippen molar-refractivity contribution in [2.75, 3.05) is 12.0 Å². The molecule has 0 aliphatic heterocycles. The number of halogens is 1. The second kappa shape index (κ2) is 7.80. The standard InChI is InChI=1S/C16H11ClN6O5/c1-28-16-19-14(17)18-15(20-16)21(10-2-6-12(7-3-10)22(24)25)11-4-8-13(9-5-11)23(26)27/h2-9H,1H3. The summed E-state index contributed by atoms with van der Waals surface area (Å²) in [5, 5.41) is 21.7. The Labute approximate surface area is 162 Å². The first-order valence-corrected chi connectivity index (χ1v) is 8.01. The minimum atomic E-state index is -0.525. The van der Waals surface area contributed by atoms with Crippen LogP contribution in [0.2, 0.25) is 5.28 Å². The first-order valence-electron chi connectivity index (χ1n) is 7.63. The molecule has 0 unspecified atom stereocenters. The van der Waals surface area contributed by atoms with E-state index in [1.165, 1.54) is 60.5 Å². The number of anilines is 3. The monoisotopic (exact) mass is 402 g/mol. The molecule has 142 valence electrons. The number of hydrogen-bond acceptors (Lipinski definition) is 9. The van der Waals surface area contributed by atoms with Gasteiger partial charge in [-0.3, -0.25) is 25.1 Å². The summed E-state index contributed by atoms with van der Waals surface area (Å²) in [6.45, 7) is 0. The largest absolute Gasteiger partial charge is 0.467 e. The van der Waals surface area contributed by atoms with E-state index in [9.17, 15) is 20.2 Å². The van der Waals surface area contributed by atoms with Crippen LogP contribution in [0.15, 0.2) is 48.5 Å². The SMILES string of the molecule is COc1nc(Cl)nc(N(c2ccc([N+](=O)[O-])cc2)c2ccc([N+](=O)[O-])cc2)n1. The van der Waals surface area contributed by atoms with Gasteiger partial charge in [0.25, 0.3) is 11.4 Å². The third kappa shape index (κ3) is 3.94. The summed E-state index contributed by atoms with van der Waals surface area (Å²) < 4.78 is 5.01. The number of ether oxygens (including phenoxy) is 1. The molecule has 0 aliphatic carbocycles. The molecule has 28 heavy (non-hydrogen) atoms. The van der Waals surface area contributed by atoms with Crippen molar-refractivity contribution in [2.24, 2.45) is 0 Å². The average Bonchev–Trinajstić information content (AvgIpc) is 2.68. The summed E-state index contributed by atoms with van der Waals surface area (Å²) in [4.78, 5) is 34.3. The minimum Gasteiger partial charge on any atom is -0.467 e. The van der Waals surface area contributed by atoms with Gasteiger partial charge in [-0.1, -0.05) is 0 Å². The Bertz CT molecular complexity index is 971. The minimum absolute atomic E-state index is 0.0381. The maximum Gasteiger partial charge on any atom is 0.322 e. The van der Waals surface area contributed by atoms with Crippen LogP contribution in [0.25, 0.3) is 0 Å². The van der Waals surface area contributed by atoms with Crippen molar-refractivity contribution in [3.8, 4) is 6.01 Å². The first-order chi connectivity index (χ1) is 13.4. The van der Waals surface area contributed by atoms with E-state index < -0.39 is 9.85 Å². The van der Waals surface area contributed by atoms with Crippen LogP contribution in [0.4, 0.5) is 28.7 Å². The molecular formula is C16H11ClN6O5. The number of nitrogens with zero attached hydrogens (tertiary/aromatic N) is 6. The molecule has 0 saturated carbocycles. The average molecular weight is 403 g/mol. The number of hydrogen-bond donors (Lipinski definition) is 0. The van der Waals surface area contributed by atoms with Crippen LogP contribution in [-0.2, 0) is 0 Å². The molecule has 0 N–H and O–H groups in total. The van der Waals surface area contributed by atoms with E-state index in [1.807, 2.05) is 0 Å². The summed E-state index contributed by atoms with van der Waals surface area (Å²) in [7, 11) is 1.36. The lowest BCUT2D eigenvalue weighted by Crippen LogP contribution is -2.14. The number of methoxy groups -OCH3 is 1. The van der Waals surface area contributed by atoms with Gasteiger partial charge in [-0.05, 0) is 35.9 Å². The molecule has 0 radical (unpaired) electrons. The Hall–Kier alpha value is -3.86. The first kappa shape index (κ1) is 18.9. The van der Waals surface area contributed by atoms with Crippen LogP contribution in [0.1, 0.15) is 0 Å². The third-order valence-corrected chi connectivity index (χ3v) is 3.76. The van der Waals surface area contributed by atoms with Crippen molar-refractivity contribution in [1.82, 2.24) is 15.0 Å². The molecule has 0 amide bonds. The molecule has 3 aromatic rings. The van der Waals surface area contributed by atoms with E-state index in [2.05, 4.69) is 15.0 Å². The van der Waals surface area contributed by atoms with Gasteiger partial charge in [-0.25, -0.2) is 0 Å². The molecule has 2 aromatic carbocycles. The molecule has 0 spiro atoms. The zero-order chi connectivity index (χ0) is 20.3. The maximum atomic E-state index is 10.9. The van der Waals surface area contributed by atoms with Gasteiger partial charge in [-0.15, -0.1) is 0 Å². The highest BCUT2D eigenvalue weighted by atomic mass is 35.5. The molecule has 0 aliphatic rings. The van der Waals surface area contributed by atoms with Crippen LogP contribution in [0, 0.1) is 20.2 Å². The topological polar surface area (TPSA) is 137 Å². The van der Waals surface area contributed by atoms with Gasteiger partial charge in [0, 0.05) is 35.6 Å². The quantitative estimate of drug-likeness (QED) is 0.444. The van der Waals surface area contributed by atoms with Gasteiger partial charge in [0.15, 0.2) is 0 Å². The molecule has 1 heterocycles. The summed E-state index contributed by atoms with van der Waals surface area (Å²) in [5.41, 5.74) is 0.727. The number of aromatic nitrogens is 3. The summed E-state index contributed by atoms with van der Waals surface area (Å²) in [6.07, 6.45) is 0. The highest BCUT2D eigenvalue weighted by Crippen LogP contribution is 2.34. The van der Waals surface area contributed by atoms with Crippen molar-refractivity contribution in [3.05, 3.63) is 74.0 Å². The lowest BCUT2D eigenvalue weighted by Gasteiger charge is -2.22. The van der Waals surface area contributed by atoms with Crippen LogP contribution in [0.3, 0.4) is 0 Å². The highest BCUT2D eigenvalue weighted by molar-refractivity contribution is 6.28. The van der Waals surface area contributed by atoms with Crippen LogP contribution < -0.4 is 9.64 Å².